The lowest BCUT2D eigenvalue weighted by Gasteiger charge is -2.17. The number of aliphatic hydroxyl groups is 1. The zero-order valence-electron chi connectivity index (χ0n) is 12.3. The fraction of sp³-hybridized carbons (Fsp3) is 0.571. The SMILES string of the molecule is CC(C)(C)C(=O)Nc1ccc(NCCOCCO)nc1. The molecule has 3 N–H and O–H groups in total. The summed E-state index contributed by atoms with van der Waals surface area (Å²) < 4.78 is 5.12. The summed E-state index contributed by atoms with van der Waals surface area (Å²) in [6, 6.07) is 3.60. The van der Waals surface area contributed by atoms with E-state index in [-0.39, 0.29) is 12.5 Å². The highest BCUT2D eigenvalue weighted by molar-refractivity contribution is 5.94. The minimum absolute atomic E-state index is 0.0282. The third-order valence-electron chi connectivity index (χ3n) is 2.49. The van der Waals surface area contributed by atoms with Gasteiger partial charge in [-0.1, -0.05) is 20.8 Å². The maximum Gasteiger partial charge on any atom is 0.229 e. The Morgan fingerprint density at radius 2 is 2.10 bits per heavy atom. The molecule has 1 aromatic heterocycles. The highest BCUT2D eigenvalue weighted by Crippen LogP contribution is 2.17. The highest BCUT2D eigenvalue weighted by atomic mass is 16.5. The second-order valence-corrected chi connectivity index (χ2v) is 5.40. The van der Waals surface area contributed by atoms with Crippen LogP contribution in [-0.4, -0.2) is 42.4 Å². The van der Waals surface area contributed by atoms with E-state index in [0.29, 0.717) is 31.3 Å². The smallest absolute Gasteiger partial charge is 0.229 e. The van der Waals surface area contributed by atoms with E-state index >= 15 is 0 Å². The summed E-state index contributed by atoms with van der Waals surface area (Å²) in [5.41, 5.74) is 0.244. The predicted octanol–water partition coefficient (Wildman–Crippen LogP) is 1.49. The normalized spacial score (nSPS) is 11.2. The molecule has 20 heavy (non-hydrogen) atoms. The maximum atomic E-state index is 11.8. The van der Waals surface area contributed by atoms with Crippen molar-refractivity contribution in [2.75, 3.05) is 37.0 Å². The minimum atomic E-state index is -0.430. The Labute approximate surface area is 119 Å². The number of carbonyl (C=O) groups excluding carboxylic acids is 1. The minimum Gasteiger partial charge on any atom is -0.394 e. The quantitative estimate of drug-likeness (QED) is 0.659. The molecule has 0 aliphatic heterocycles. The zero-order chi connectivity index (χ0) is 15.0. The van der Waals surface area contributed by atoms with Gasteiger partial charge in [-0.05, 0) is 12.1 Å². The molecule has 1 rings (SSSR count). The molecule has 0 bridgehead atoms. The molecule has 112 valence electrons. The van der Waals surface area contributed by atoms with Crippen molar-refractivity contribution in [1.82, 2.24) is 4.98 Å². The van der Waals surface area contributed by atoms with Crippen LogP contribution < -0.4 is 10.6 Å². The third-order valence-corrected chi connectivity index (χ3v) is 2.49. The lowest BCUT2D eigenvalue weighted by Crippen LogP contribution is -2.27. The standard InChI is InChI=1S/C14H23N3O3/c1-14(2,3)13(19)17-11-4-5-12(16-10-11)15-6-8-20-9-7-18/h4-5,10,18H,6-9H2,1-3H3,(H,15,16)(H,17,19). The first-order chi connectivity index (χ1) is 9.43. The first-order valence-electron chi connectivity index (χ1n) is 6.63. The Hall–Kier alpha value is -1.66. The molecule has 0 radical (unpaired) electrons. The number of anilines is 2. The Morgan fingerprint density at radius 1 is 1.35 bits per heavy atom. The van der Waals surface area contributed by atoms with Gasteiger partial charge < -0.3 is 20.5 Å². The van der Waals surface area contributed by atoms with Gasteiger partial charge in [0.2, 0.25) is 5.91 Å². The van der Waals surface area contributed by atoms with Crippen LogP contribution in [0.5, 0.6) is 0 Å². The summed E-state index contributed by atoms with van der Waals surface area (Å²) in [7, 11) is 0. The summed E-state index contributed by atoms with van der Waals surface area (Å²) in [6.07, 6.45) is 1.61. The number of hydrogen-bond acceptors (Lipinski definition) is 5. The van der Waals surface area contributed by atoms with E-state index in [2.05, 4.69) is 15.6 Å². The number of ether oxygens (including phenoxy) is 1. The van der Waals surface area contributed by atoms with Gasteiger partial charge in [0.25, 0.3) is 0 Å². The number of pyridine rings is 1. The number of carbonyl (C=O) groups is 1. The third kappa shape index (κ3) is 5.99. The van der Waals surface area contributed by atoms with Crippen molar-refractivity contribution in [3.05, 3.63) is 18.3 Å². The van der Waals surface area contributed by atoms with Crippen molar-refractivity contribution in [1.29, 1.82) is 0 Å². The summed E-state index contributed by atoms with van der Waals surface area (Å²) in [6.45, 7) is 7.06. The number of rotatable bonds is 7. The fourth-order valence-electron chi connectivity index (χ4n) is 1.31. The Bertz CT molecular complexity index is 413. The second-order valence-electron chi connectivity index (χ2n) is 5.40. The van der Waals surface area contributed by atoms with Crippen LogP contribution in [0.4, 0.5) is 11.5 Å². The van der Waals surface area contributed by atoms with Crippen molar-refractivity contribution in [2.24, 2.45) is 5.41 Å². The molecule has 0 aliphatic rings. The first kappa shape index (κ1) is 16.4. The topological polar surface area (TPSA) is 83.5 Å². The Morgan fingerprint density at radius 3 is 2.65 bits per heavy atom. The number of amides is 1. The maximum absolute atomic E-state index is 11.8. The van der Waals surface area contributed by atoms with Crippen molar-refractivity contribution in [2.45, 2.75) is 20.8 Å². The molecule has 0 aliphatic carbocycles. The number of aliphatic hydroxyl groups excluding tert-OH is 1. The molecule has 0 fully saturated rings. The highest BCUT2D eigenvalue weighted by Gasteiger charge is 2.21. The van der Waals surface area contributed by atoms with Gasteiger partial charge in [0.1, 0.15) is 5.82 Å². The van der Waals surface area contributed by atoms with E-state index in [9.17, 15) is 4.79 Å². The van der Waals surface area contributed by atoms with Crippen LogP contribution in [0, 0.1) is 5.41 Å². The molecule has 0 spiro atoms. The molecule has 0 aromatic carbocycles. The van der Waals surface area contributed by atoms with Crippen molar-refractivity contribution in [3.63, 3.8) is 0 Å². The Kier molecular flexibility index (Phi) is 6.41. The molecule has 6 heteroatoms. The van der Waals surface area contributed by atoms with Crippen LogP contribution in [0.3, 0.4) is 0 Å². The summed E-state index contributed by atoms with van der Waals surface area (Å²) in [4.78, 5) is 16.0. The number of aromatic nitrogens is 1. The number of nitrogens with zero attached hydrogens (tertiary/aromatic N) is 1. The van der Waals surface area contributed by atoms with E-state index in [4.69, 9.17) is 9.84 Å². The predicted molar refractivity (Wildman–Crippen MR) is 78.7 cm³/mol. The van der Waals surface area contributed by atoms with E-state index in [1.807, 2.05) is 20.8 Å². The molecule has 1 amide bonds. The molecule has 0 atom stereocenters. The Balaban J connectivity index is 2.39. The number of nitrogens with one attached hydrogen (secondary N) is 2. The molecule has 0 saturated heterocycles. The average Bonchev–Trinajstić information content (AvgIpc) is 2.39. The van der Waals surface area contributed by atoms with Gasteiger partial charge in [-0.25, -0.2) is 4.98 Å². The van der Waals surface area contributed by atoms with Crippen molar-refractivity contribution < 1.29 is 14.6 Å². The van der Waals surface area contributed by atoms with Crippen LogP contribution in [0.25, 0.3) is 0 Å². The van der Waals surface area contributed by atoms with Crippen LogP contribution >= 0.6 is 0 Å². The van der Waals surface area contributed by atoms with Gasteiger partial charge in [-0.15, -0.1) is 0 Å². The van der Waals surface area contributed by atoms with Gasteiger partial charge in [-0.2, -0.15) is 0 Å². The van der Waals surface area contributed by atoms with Crippen LogP contribution in [0.1, 0.15) is 20.8 Å². The lowest BCUT2D eigenvalue weighted by molar-refractivity contribution is -0.123. The molecule has 1 heterocycles. The van der Waals surface area contributed by atoms with E-state index < -0.39 is 5.41 Å². The number of hydrogen-bond donors (Lipinski definition) is 3. The first-order valence-corrected chi connectivity index (χ1v) is 6.63. The van der Waals surface area contributed by atoms with Gasteiger partial charge in [0, 0.05) is 12.0 Å². The van der Waals surface area contributed by atoms with E-state index in [1.54, 1.807) is 18.3 Å². The monoisotopic (exact) mass is 281 g/mol. The zero-order valence-corrected chi connectivity index (χ0v) is 12.3. The van der Waals surface area contributed by atoms with Crippen molar-refractivity contribution in [3.8, 4) is 0 Å². The average molecular weight is 281 g/mol. The van der Waals surface area contributed by atoms with Gasteiger partial charge >= 0.3 is 0 Å². The molecule has 1 aromatic rings. The summed E-state index contributed by atoms with van der Waals surface area (Å²) in [5, 5.41) is 14.4. The van der Waals surface area contributed by atoms with Crippen molar-refractivity contribution >= 4 is 17.4 Å². The summed E-state index contributed by atoms with van der Waals surface area (Å²) >= 11 is 0. The largest absolute Gasteiger partial charge is 0.394 e. The lowest BCUT2D eigenvalue weighted by atomic mass is 9.96. The molecular weight excluding hydrogens is 258 g/mol. The van der Waals surface area contributed by atoms with E-state index in [1.165, 1.54) is 0 Å². The molecular formula is C14H23N3O3. The second kappa shape index (κ2) is 7.81. The molecule has 6 nitrogen and oxygen atoms in total. The fourth-order valence-corrected chi connectivity index (χ4v) is 1.31. The van der Waals surface area contributed by atoms with Crippen LogP contribution in [0.15, 0.2) is 18.3 Å². The molecule has 0 saturated carbocycles. The van der Waals surface area contributed by atoms with Gasteiger partial charge in [0.15, 0.2) is 0 Å². The van der Waals surface area contributed by atoms with Crippen LogP contribution in [0.2, 0.25) is 0 Å². The van der Waals surface area contributed by atoms with Gasteiger partial charge in [-0.3, -0.25) is 4.79 Å². The van der Waals surface area contributed by atoms with Gasteiger partial charge in [0.05, 0.1) is 31.7 Å². The van der Waals surface area contributed by atoms with E-state index in [0.717, 1.165) is 0 Å². The molecule has 0 unspecified atom stereocenters. The van der Waals surface area contributed by atoms with Crippen LogP contribution in [-0.2, 0) is 9.53 Å². The summed E-state index contributed by atoms with van der Waals surface area (Å²) in [5.74, 6) is 0.670.